The Morgan fingerprint density at radius 2 is 2.11 bits per heavy atom. The molecule has 5 nitrogen and oxygen atoms in total. The van der Waals surface area contributed by atoms with Crippen molar-refractivity contribution in [2.45, 2.75) is 44.8 Å². The third-order valence-electron chi connectivity index (χ3n) is 3.74. The molecule has 2 heterocycles. The third-order valence-corrected chi connectivity index (χ3v) is 5.98. The van der Waals surface area contributed by atoms with Crippen LogP contribution in [-0.2, 0) is 17.1 Å². The van der Waals surface area contributed by atoms with Crippen LogP contribution in [0.25, 0.3) is 0 Å². The minimum absolute atomic E-state index is 0.209. The first kappa shape index (κ1) is 14.5. The molecule has 1 atom stereocenters. The first-order valence-electron chi connectivity index (χ1n) is 6.81. The van der Waals surface area contributed by atoms with E-state index in [9.17, 15) is 8.42 Å². The molecule has 0 radical (unpaired) electrons. The Morgan fingerprint density at radius 3 is 2.63 bits per heavy atom. The summed E-state index contributed by atoms with van der Waals surface area (Å²) in [6.45, 7) is 6.65. The third kappa shape index (κ3) is 2.84. The van der Waals surface area contributed by atoms with Crippen molar-refractivity contribution in [3.63, 3.8) is 0 Å². The highest BCUT2D eigenvalue weighted by Crippen LogP contribution is 2.28. The van der Waals surface area contributed by atoms with Gasteiger partial charge in [0.25, 0.3) is 0 Å². The Bertz CT molecular complexity index is 548. The van der Waals surface area contributed by atoms with E-state index in [1.165, 1.54) is 0 Å². The zero-order valence-corrected chi connectivity index (χ0v) is 12.9. The number of nitrogens with zero attached hydrogens (tertiary/aromatic N) is 3. The van der Waals surface area contributed by atoms with Crippen molar-refractivity contribution in [3.8, 4) is 0 Å². The van der Waals surface area contributed by atoms with Gasteiger partial charge in [0.1, 0.15) is 5.82 Å². The van der Waals surface area contributed by atoms with Gasteiger partial charge in [-0.05, 0) is 33.6 Å². The smallest absolute Gasteiger partial charge is 0.216 e. The molecule has 1 aromatic rings. The lowest BCUT2D eigenvalue weighted by Gasteiger charge is -2.32. The molecule has 1 aliphatic heterocycles. The van der Waals surface area contributed by atoms with E-state index in [2.05, 4.69) is 4.98 Å². The summed E-state index contributed by atoms with van der Waals surface area (Å²) in [7, 11) is -1.17. The topological polar surface area (TPSA) is 55.2 Å². The van der Waals surface area contributed by atoms with Crippen molar-refractivity contribution in [2.75, 3.05) is 13.1 Å². The molecule has 0 saturated carbocycles. The van der Waals surface area contributed by atoms with Gasteiger partial charge in [-0.25, -0.2) is 17.7 Å². The Labute approximate surface area is 115 Å². The number of hydrogen-bond donors (Lipinski definition) is 0. The Kier molecular flexibility index (Phi) is 4.01. The predicted octanol–water partition coefficient (Wildman–Crippen LogP) is 1.65. The van der Waals surface area contributed by atoms with Gasteiger partial charge in [-0.2, -0.15) is 0 Å². The summed E-state index contributed by atoms with van der Waals surface area (Å²) < 4.78 is 28.2. The van der Waals surface area contributed by atoms with Gasteiger partial charge in [-0.1, -0.05) is 0 Å². The maximum atomic E-state index is 12.3. The molecule has 6 heteroatoms. The molecule has 0 N–H and O–H groups in total. The second kappa shape index (κ2) is 5.25. The Morgan fingerprint density at radius 1 is 1.42 bits per heavy atom. The van der Waals surface area contributed by atoms with Crippen molar-refractivity contribution in [2.24, 2.45) is 7.05 Å². The zero-order valence-electron chi connectivity index (χ0n) is 12.1. The van der Waals surface area contributed by atoms with Crippen LogP contribution in [0.5, 0.6) is 0 Å². The molecule has 1 saturated heterocycles. The number of hydrogen-bond acceptors (Lipinski definition) is 3. The second-order valence-electron chi connectivity index (χ2n) is 5.64. The normalized spacial score (nSPS) is 22.1. The molecule has 1 aromatic heterocycles. The first-order chi connectivity index (χ1) is 8.82. The summed E-state index contributed by atoms with van der Waals surface area (Å²) in [6, 6.07) is 0. The fourth-order valence-electron chi connectivity index (χ4n) is 2.70. The van der Waals surface area contributed by atoms with Gasteiger partial charge in [0, 0.05) is 32.3 Å². The molecule has 0 bridgehead atoms. The quantitative estimate of drug-likeness (QED) is 0.848. The lowest BCUT2D eigenvalue weighted by atomic mass is 9.99. The van der Waals surface area contributed by atoms with Gasteiger partial charge in [-0.15, -0.1) is 0 Å². The summed E-state index contributed by atoms with van der Waals surface area (Å²) >= 11 is 0. The fraction of sp³-hybridized carbons (Fsp3) is 0.769. The number of imidazole rings is 1. The summed E-state index contributed by atoms with van der Waals surface area (Å²) in [6.07, 6.45) is 3.90. The highest BCUT2D eigenvalue weighted by atomic mass is 32.2. The van der Waals surface area contributed by atoms with E-state index in [0.717, 1.165) is 24.4 Å². The van der Waals surface area contributed by atoms with Gasteiger partial charge < -0.3 is 4.57 Å². The summed E-state index contributed by atoms with van der Waals surface area (Å²) in [4.78, 5) is 4.54. The van der Waals surface area contributed by atoms with Crippen LogP contribution >= 0.6 is 0 Å². The molecule has 0 spiro atoms. The van der Waals surface area contributed by atoms with E-state index < -0.39 is 10.0 Å². The molecule has 19 heavy (non-hydrogen) atoms. The minimum Gasteiger partial charge on any atom is -0.337 e. The van der Waals surface area contributed by atoms with Gasteiger partial charge in [-0.3, -0.25) is 0 Å². The molecule has 2 rings (SSSR count). The first-order valence-corrected chi connectivity index (χ1v) is 8.31. The number of sulfonamides is 1. The van der Waals surface area contributed by atoms with E-state index in [-0.39, 0.29) is 11.2 Å². The highest BCUT2D eigenvalue weighted by molar-refractivity contribution is 7.89. The number of aromatic nitrogens is 2. The fourth-order valence-corrected chi connectivity index (χ4v) is 4.06. The Hall–Kier alpha value is -0.880. The van der Waals surface area contributed by atoms with Crippen molar-refractivity contribution >= 4 is 10.0 Å². The molecule has 1 fully saturated rings. The molecular weight excluding hydrogens is 262 g/mol. The molecule has 108 valence electrons. The largest absolute Gasteiger partial charge is 0.337 e. The van der Waals surface area contributed by atoms with Gasteiger partial charge in [0.15, 0.2) is 0 Å². The van der Waals surface area contributed by atoms with E-state index in [1.54, 1.807) is 18.2 Å². The van der Waals surface area contributed by atoms with Crippen LogP contribution in [0.3, 0.4) is 0 Å². The van der Waals surface area contributed by atoms with Crippen LogP contribution in [0.1, 0.15) is 44.1 Å². The van der Waals surface area contributed by atoms with Crippen molar-refractivity contribution in [1.29, 1.82) is 0 Å². The van der Waals surface area contributed by atoms with Crippen LogP contribution in [0.4, 0.5) is 0 Å². The Balaban J connectivity index is 2.21. The van der Waals surface area contributed by atoms with Crippen LogP contribution < -0.4 is 0 Å². The van der Waals surface area contributed by atoms with Gasteiger partial charge in [0.2, 0.25) is 10.0 Å². The number of piperidine rings is 1. The van der Waals surface area contributed by atoms with E-state index in [0.29, 0.717) is 13.1 Å². The molecule has 1 aliphatic rings. The maximum Gasteiger partial charge on any atom is 0.216 e. The van der Waals surface area contributed by atoms with Gasteiger partial charge in [0.05, 0.1) is 10.9 Å². The standard InChI is InChI=1S/C13H23N3O2S/c1-10(2)19(17,18)16-7-5-6-12(9-16)13-14-11(3)8-15(13)4/h8,10,12H,5-7,9H2,1-4H3/t12-/m1/s1. The van der Waals surface area contributed by atoms with E-state index in [1.807, 2.05) is 24.7 Å². The van der Waals surface area contributed by atoms with Crippen molar-refractivity contribution in [1.82, 2.24) is 13.9 Å². The van der Waals surface area contributed by atoms with Crippen molar-refractivity contribution in [3.05, 3.63) is 17.7 Å². The lowest BCUT2D eigenvalue weighted by Crippen LogP contribution is -2.42. The SMILES string of the molecule is Cc1cn(C)c([C@@H]2CCCN(S(=O)(=O)C(C)C)C2)n1. The predicted molar refractivity (Wildman–Crippen MR) is 75.5 cm³/mol. The van der Waals surface area contributed by atoms with Gasteiger partial charge >= 0.3 is 0 Å². The number of rotatable bonds is 3. The van der Waals surface area contributed by atoms with Crippen molar-refractivity contribution < 1.29 is 8.42 Å². The van der Waals surface area contributed by atoms with Crippen LogP contribution in [0, 0.1) is 6.92 Å². The molecule has 0 aromatic carbocycles. The minimum atomic E-state index is -3.15. The highest BCUT2D eigenvalue weighted by Gasteiger charge is 2.32. The van der Waals surface area contributed by atoms with Crippen LogP contribution in [-0.4, -0.2) is 40.6 Å². The molecular formula is C13H23N3O2S. The molecule has 0 unspecified atom stereocenters. The summed E-state index contributed by atoms with van der Waals surface area (Å²) in [5.41, 5.74) is 0.987. The molecule has 0 aliphatic carbocycles. The summed E-state index contributed by atoms with van der Waals surface area (Å²) in [5.74, 6) is 1.21. The average Bonchev–Trinajstić information content (AvgIpc) is 2.68. The van der Waals surface area contributed by atoms with Crippen LogP contribution in [0.15, 0.2) is 6.20 Å². The second-order valence-corrected chi connectivity index (χ2v) is 8.13. The zero-order chi connectivity index (χ0) is 14.2. The summed E-state index contributed by atoms with van der Waals surface area (Å²) in [5, 5.41) is -0.352. The monoisotopic (exact) mass is 285 g/mol. The lowest BCUT2D eigenvalue weighted by molar-refractivity contribution is 0.304. The molecule has 0 amide bonds. The van der Waals surface area contributed by atoms with E-state index in [4.69, 9.17) is 0 Å². The van der Waals surface area contributed by atoms with E-state index >= 15 is 0 Å². The van der Waals surface area contributed by atoms with Crippen LogP contribution in [0.2, 0.25) is 0 Å². The average molecular weight is 285 g/mol. The maximum absolute atomic E-state index is 12.3. The number of aryl methyl sites for hydroxylation is 2.